The molecule has 0 unspecified atom stereocenters. The van der Waals surface area contributed by atoms with Crippen molar-refractivity contribution in [1.82, 2.24) is 5.32 Å². The van der Waals surface area contributed by atoms with Gasteiger partial charge in [0.2, 0.25) is 0 Å². The smallest absolute Gasteiger partial charge is 0.143 e. The number of piperidine rings is 1. The number of hydrogen-bond acceptors (Lipinski definition) is 3. The zero-order chi connectivity index (χ0) is 15.9. The Hall–Kier alpha value is -1.22. The van der Waals surface area contributed by atoms with Gasteiger partial charge in [0.15, 0.2) is 0 Å². The zero-order valence-corrected chi connectivity index (χ0v) is 14.7. The standard InChI is InChI=1S/C19H32N2O/c1-15(2)13-20-14-17-8-9-18(19(12-17)22-16(3)4)21-10-6-5-7-11-21/h8-9,12,15-16,20H,5-7,10-11,13-14H2,1-4H3. The molecular formula is C19H32N2O. The van der Waals surface area contributed by atoms with E-state index in [1.165, 1.54) is 30.5 Å². The van der Waals surface area contributed by atoms with Gasteiger partial charge in [-0.2, -0.15) is 0 Å². The van der Waals surface area contributed by atoms with Crippen LogP contribution in [0, 0.1) is 5.92 Å². The normalized spacial score (nSPS) is 15.6. The fourth-order valence-corrected chi connectivity index (χ4v) is 2.92. The molecule has 2 rings (SSSR count). The van der Waals surface area contributed by atoms with Crippen LogP contribution in [-0.4, -0.2) is 25.7 Å². The second-order valence-electron chi connectivity index (χ2n) is 7.04. The monoisotopic (exact) mass is 304 g/mol. The second kappa shape index (κ2) is 8.42. The van der Waals surface area contributed by atoms with Crippen LogP contribution in [0.5, 0.6) is 5.75 Å². The highest BCUT2D eigenvalue weighted by molar-refractivity contribution is 5.60. The van der Waals surface area contributed by atoms with Crippen LogP contribution in [0.2, 0.25) is 0 Å². The van der Waals surface area contributed by atoms with Gasteiger partial charge in [0.1, 0.15) is 5.75 Å². The summed E-state index contributed by atoms with van der Waals surface area (Å²) in [5, 5.41) is 3.51. The molecule has 0 saturated carbocycles. The SMILES string of the molecule is CC(C)CNCc1ccc(N2CCCCC2)c(OC(C)C)c1. The largest absolute Gasteiger partial charge is 0.489 e. The van der Waals surface area contributed by atoms with Crippen molar-refractivity contribution in [1.29, 1.82) is 0 Å². The van der Waals surface area contributed by atoms with E-state index in [1.807, 2.05) is 0 Å². The number of ether oxygens (including phenoxy) is 1. The summed E-state index contributed by atoms with van der Waals surface area (Å²) >= 11 is 0. The van der Waals surface area contributed by atoms with Crippen molar-refractivity contribution in [2.45, 2.75) is 59.6 Å². The predicted molar refractivity (Wildman–Crippen MR) is 94.8 cm³/mol. The number of benzene rings is 1. The summed E-state index contributed by atoms with van der Waals surface area (Å²) in [6.45, 7) is 12.9. The fourth-order valence-electron chi connectivity index (χ4n) is 2.92. The van der Waals surface area contributed by atoms with Crippen molar-refractivity contribution in [3.8, 4) is 5.75 Å². The van der Waals surface area contributed by atoms with Gasteiger partial charge >= 0.3 is 0 Å². The van der Waals surface area contributed by atoms with Gasteiger partial charge in [-0.15, -0.1) is 0 Å². The maximum atomic E-state index is 6.10. The Morgan fingerprint density at radius 1 is 1.09 bits per heavy atom. The summed E-state index contributed by atoms with van der Waals surface area (Å²) in [4.78, 5) is 2.48. The van der Waals surface area contributed by atoms with E-state index in [1.54, 1.807) is 0 Å². The molecule has 3 heteroatoms. The molecule has 0 aromatic heterocycles. The third-order valence-corrected chi connectivity index (χ3v) is 3.97. The molecule has 0 spiro atoms. The van der Waals surface area contributed by atoms with E-state index in [4.69, 9.17) is 4.74 Å². The molecule has 22 heavy (non-hydrogen) atoms. The molecule has 0 radical (unpaired) electrons. The van der Waals surface area contributed by atoms with E-state index < -0.39 is 0 Å². The molecular weight excluding hydrogens is 272 g/mol. The van der Waals surface area contributed by atoms with Crippen LogP contribution in [0.15, 0.2) is 18.2 Å². The quantitative estimate of drug-likeness (QED) is 0.816. The van der Waals surface area contributed by atoms with E-state index in [9.17, 15) is 0 Å². The van der Waals surface area contributed by atoms with Gasteiger partial charge in [-0.3, -0.25) is 0 Å². The minimum atomic E-state index is 0.211. The fraction of sp³-hybridized carbons (Fsp3) is 0.684. The molecule has 1 aliphatic heterocycles. The maximum Gasteiger partial charge on any atom is 0.143 e. The average Bonchev–Trinajstić information content (AvgIpc) is 2.47. The third-order valence-electron chi connectivity index (χ3n) is 3.97. The van der Waals surface area contributed by atoms with Crippen LogP contribution in [0.3, 0.4) is 0 Å². The van der Waals surface area contributed by atoms with Gasteiger partial charge in [0, 0.05) is 19.6 Å². The highest BCUT2D eigenvalue weighted by Gasteiger charge is 2.16. The lowest BCUT2D eigenvalue weighted by Crippen LogP contribution is -2.30. The lowest BCUT2D eigenvalue weighted by molar-refractivity contribution is 0.242. The number of hydrogen-bond donors (Lipinski definition) is 1. The Morgan fingerprint density at radius 2 is 1.82 bits per heavy atom. The van der Waals surface area contributed by atoms with Crippen molar-refractivity contribution in [3.05, 3.63) is 23.8 Å². The zero-order valence-electron chi connectivity index (χ0n) is 14.7. The molecule has 3 nitrogen and oxygen atoms in total. The Labute approximate surface area is 136 Å². The Bertz CT molecular complexity index is 451. The number of rotatable bonds is 7. The van der Waals surface area contributed by atoms with Crippen molar-refractivity contribution >= 4 is 5.69 Å². The van der Waals surface area contributed by atoms with Gasteiger partial charge in [-0.1, -0.05) is 19.9 Å². The molecule has 0 aliphatic carbocycles. The molecule has 124 valence electrons. The summed E-state index contributed by atoms with van der Waals surface area (Å²) in [5.41, 5.74) is 2.57. The lowest BCUT2D eigenvalue weighted by Gasteiger charge is -2.31. The Kier molecular flexibility index (Phi) is 6.56. The van der Waals surface area contributed by atoms with Crippen molar-refractivity contribution < 1.29 is 4.74 Å². The van der Waals surface area contributed by atoms with E-state index in [0.717, 1.165) is 31.9 Å². The molecule has 0 amide bonds. The van der Waals surface area contributed by atoms with E-state index in [2.05, 4.69) is 56.1 Å². The Balaban J connectivity index is 2.11. The summed E-state index contributed by atoms with van der Waals surface area (Å²) in [6.07, 6.45) is 4.15. The number of nitrogens with zero attached hydrogens (tertiary/aromatic N) is 1. The third kappa shape index (κ3) is 5.20. The van der Waals surface area contributed by atoms with Gasteiger partial charge in [-0.25, -0.2) is 0 Å². The van der Waals surface area contributed by atoms with Gasteiger partial charge in [-0.05, 0) is 63.3 Å². The average molecular weight is 304 g/mol. The lowest BCUT2D eigenvalue weighted by atomic mass is 10.1. The molecule has 0 atom stereocenters. The first kappa shape index (κ1) is 17.1. The summed E-state index contributed by atoms with van der Waals surface area (Å²) in [5.74, 6) is 1.72. The van der Waals surface area contributed by atoms with Crippen molar-refractivity contribution in [2.24, 2.45) is 5.92 Å². The van der Waals surface area contributed by atoms with Crippen LogP contribution in [0.25, 0.3) is 0 Å². The molecule has 1 aromatic carbocycles. The van der Waals surface area contributed by atoms with Crippen molar-refractivity contribution in [3.63, 3.8) is 0 Å². The minimum Gasteiger partial charge on any atom is -0.489 e. The van der Waals surface area contributed by atoms with Crippen LogP contribution >= 0.6 is 0 Å². The first-order chi connectivity index (χ1) is 10.6. The van der Waals surface area contributed by atoms with Gasteiger partial charge < -0.3 is 15.0 Å². The van der Waals surface area contributed by atoms with E-state index in [-0.39, 0.29) is 6.10 Å². The van der Waals surface area contributed by atoms with Gasteiger partial charge in [0.05, 0.1) is 11.8 Å². The molecule has 1 saturated heterocycles. The second-order valence-corrected chi connectivity index (χ2v) is 7.04. The first-order valence-corrected chi connectivity index (χ1v) is 8.81. The summed E-state index contributed by atoms with van der Waals surface area (Å²) in [7, 11) is 0. The van der Waals surface area contributed by atoms with Crippen molar-refractivity contribution in [2.75, 3.05) is 24.5 Å². The van der Waals surface area contributed by atoms with E-state index >= 15 is 0 Å². The topological polar surface area (TPSA) is 24.5 Å². The predicted octanol–water partition coefficient (Wildman–Crippen LogP) is 4.21. The minimum absolute atomic E-state index is 0.211. The first-order valence-electron chi connectivity index (χ1n) is 8.81. The molecule has 1 aromatic rings. The van der Waals surface area contributed by atoms with Crippen LogP contribution in [0.1, 0.15) is 52.5 Å². The van der Waals surface area contributed by atoms with Gasteiger partial charge in [0.25, 0.3) is 0 Å². The van der Waals surface area contributed by atoms with Crippen LogP contribution in [0.4, 0.5) is 5.69 Å². The Morgan fingerprint density at radius 3 is 2.45 bits per heavy atom. The summed E-state index contributed by atoms with van der Waals surface area (Å²) < 4.78 is 6.10. The summed E-state index contributed by atoms with van der Waals surface area (Å²) in [6, 6.07) is 6.71. The molecule has 0 bridgehead atoms. The highest BCUT2D eigenvalue weighted by Crippen LogP contribution is 2.32. The van der Waals surface area contributed by atoms with Crippen LogP contribution < -0.4 is 15.0 Å². The molecule has 1 aliphatic rings. The van der Waals surface area contributed by atoms with E-state index in [0.29, 0.717) is 5.92 Å². The highest BCUT2D eigenvalue weighted by atomic mass is 16.5. The molecule has 1 fully saturated rings. The number of nitrogens with one attached hydrogen (secondary N) is 1. The molecule has 1 N–H and O–H groups in total. The van der Waals surface area contributed by atoms with Crippen LogP contribution in [-0.2, 0) is 6.54 Å². The number of anilines is 1. The molecule has 1 heterocycles. The maximum absolute atomic E-state index is 6.10.